The molecule has 1 heterocycles. The molecule has 0 radical (unpaired) electrons. The molecule has 0 N–H and O–H groups in total. The fourth-order valence-electron chi connectivity index (χ4n) is 2.16. The van der Waals surface area contributed by atoms with Gasteiger partial charge in [0.2, 0.25) is 10.0 Å². The molecule has 7 nitrogen and oxygen atoms in total. The van der Waals surface area contributed by atoms with E-state index in [0.29, 0.717) is 0 Å². The predicted octanol–water partition coefficient (Wildman–Crippen LogP) is 1.19. The van der Waals surface area contributed by atoms with Crippen molar-refractivity contribution in [2.45, 2.75) is 18.2 Å². The van der Waals surface area contributed by atoms with Gasteiger partial charge in [-0.3, -0.25) is 14.9 Å². The Labute approximate surface area is 116 Å². The van der Waals surface area contributed by atoms with Crippen molar-refractivity contribution in [3.05, 3.63) is 34.4 Å². The number of nitrogens with zero attached hydrogens (tertiary/aromatic N) is 2. The van der Waals surface area contributed by atoms with Crippen LogP contribution in [0.25, 0.3) is 0 Å². The van der Waals surface area contributed by atoms with Crippen LogP contribution in [0.3, 0.4) is 0 Å². The Kier molecular flexibility index (Phi) is 3.87. The van der Waals surface area contributed by atoms with Crippen molar-refractivity contribution in [1.29, 1.82) is 0 Å². The molecule has 20 heavy (non-hydrogen) atoms. The van der Waals surface area contributed by atoms with Gasteiger partial charge in [-0.15, -0.1) is 0 Å². The third-order valence-corrected chi connectivity index (χ3v) is 5.23. The highest BCUT2D eigenvalue weighted by atomic mass is 32.2. The van der Waals surface area contributed by atoms with Crippen LogP contribution in [0.4, 0.5) is 5.69 Å². The lowest BCUT2D eigenvalue weighted by Crippen LogP contribution is -2.43. The summed E-state index contributed by atoms with van der Waals surface area (Å²) in [5.41, 5.74) is -0.447. The van der Waals surface area contributed by atoms with Gasteiger partial charge in [-0.25, -0.2) is 8.42 Å². The highest BCUT2D eigenvalue weighted by molar-refractivity contribution is 7.89. The maximum atomic E-state index is 12.5. The lowest BCUT2D eigenvalue weighted by atomic mass is 10.0. The number of hydrogen-bond acceptors (Lipinski definition) is 5. The summed E-state index contributed by atoms with van der Waals surface area (Å²) >= 11 is 0. The van der Waals surface area contributed by atoms with E-state index >= 15 is 0 Å². The fraction of sp³-hybridized carbons (Fsp3) is 0.417. The first-order valence-electron chi connectivity index (χ1n) is 6.10. The molecule has 1 aliphatic heterocycles. The van der Waals surface area contributed by atoms with Crippen molar-refractivity contribution in [2.75, 3.05) is 13.1 Å². The molecule has 0 saturated carbocycles. The van der Waals surface area contributed by atoms with Gasteiger partial charge in [-0.1, -0.05) is 19.1 Å². The fourth-order valence-corrected chi connectivity index (χ4v) is 3.85. The summed E-state index contributed by atoms with van der Waals surface area (Å²) in [5, 5.41) is 10.9. The Hall–Kier alpha value is -1.80. The molecular formula is C12H14N2O5S. The van der Waals surface area contributed by atoms with Gasteiger partial charge in [-0.2, -0.15) is 4.31 Å². The van der Waals surface area contributed by atoms with Gasteiger partial charge in [-0.05, 0) is 6.07 Å². The van der Waals surface area contributed by atoms with Gasteiger partial charge in [0.05, 0.1) is 4.92 Å². The summed E-state index contributed by atoms with van der Waals surface area (Å²) in [7, 11) is -3.95. The normalized spacial score (nSPS) is 20.9. The smallest absolute Gasteiger partial charge is 0.289 e. The van der Waals surface area contributed by atoms with E-state index in [0.717, 1.165) is 10.4 Å². The van der Waals surface area contributed by atoms with E-state index in [-0.39, 0.29) is 36.1 Å². The van der Waals surface area contributed by atoms with Gasteiger partial charge in [0.1, 0.15) is 5.78 Å². The average Bonchev–Trinajstić information content (AvgIpc) is 2.41. The van der Waals surface area contributed by atoms with E-state index in [1.54, 1.807) is 6.92 Å². The minimum absolute atomic E-state index is 0.0130. The summed E-state index contributed by atoms with van der Waals surface area (Å²) in [4.78, 5) is 21.3. The molecule has 1 atom stereocenters. The summed E-state index contributed by atoms with van der Waals surface area (Å²) in [5.74, 6) is -0.375. The zero-order valence-electron chi connectivity index (χ0n) is 10.9. The number of sulfonamides is 1. The first-order chi connectivity index (χ1) is 9.34. The van der Waals surface area contributed by atoms with Crippen LogP contribution in [0.1, 0.15) is 13.3 Å². The second-order valence-electron chi connectivity index (χ2n) is 4.71. The number of para-hydroxylation sites is 1. The third-order valence-electron chi connectivity index (χ3n) is 3.31. The van der Waals surface area contributed by atoms with Gasteiger partial charge in [0, 0.05) is 31.5 Å². The Balaban J connectivity index is 2.41. The van der Waals surface area contributed by atoms with Crippen molar-refractivity contribution < 1.29 is 18.1 Å². The molecule has 108 valence electrons. The number of carbonyl (C=O) groups excluding carboxylic acids is 1. The Morgan fingerprint density at radius 3 is 2.60 bits per heavy atom. The molecule has 0 aromatic heterocycles. The number of nitro groups is 1. The van der Waals surface area contributed by atoms with Crippen LogP contribution in [0.2, 0.25) is 0 Å². The zero-order valence-corrected chi connectivity index (χ0v) is 11.7. The van der Waals surface area contributed by atoms with Crippen LogP contribution in [-0.2, 0) is 14.8 Å². The molecular weight excluding hydrogens is 284 g/mol. The Morgan fingerprint density at radius 1 is 1.35 bits per heavy atom. The molecule has 0 amide bonds. The topological polar surface area (TPSA) is 97.6 Å². The van der Waals surface area contributed by atoms with Crippen molar-refractivity contribution in [1.82, 2.24) is 4.31 Å². The largest absolute Gasteiger partial charge is 0.299 e. The van der Waals surface area contributed by atoms with E-state index in [1.807, 2.05) is 0 Å². The van der Waals surface area contributed by atoms with Crippen LogP contribution in [0.5, 0.6) is 0 Å². The zero-order chi connectivity index (χ0) is 14.9. The van der Waals surface area contributed by atoms with Crippen molar-refractivity contribution in [2.24, 2.45) is 5.92 Å². The molecule has 1 aromatic carbocycles. The quantitative estimate of drug-likeness (QED) is 0.616. The van der Waals surface area contributed by atoms with Crippen molar-refractivity contribution >= 4 is 21.5 Å². The van der Waals surface area contributed by atoms with E-state index < -0.39 is 20.6 Å². The van der Waals surface area contributed by atoms with Crippen molar-refractivity contribution in [3.63, 3.8) is 0 Å². The van der Waals surface area contributed by atoms with Crippen LogP contribution in [0.15, 0.2) is 29.2 Å². The number of benzene rings is 1. The SMILES string of the molecule is CC1CN(S(=O)(=O)c2ccccc2[N+](=O)[O-])CCC1=O. The summed E-state index contributed by atoms with van der Waals surface area (Å²) in [6.07, 6.45) is 0.140. The van der Waals surface area contributed by atoms with Gasteiger partial charge < -0.3 is 0 Å². The average molecular weight is 298 g/mol. The minimum atomic E-state index is -3.95. The molecule has 8 heteroatoms. The molecule has 1 aromatic rings. The number of hydrogen-bond donors (Lipinski definition) is 0. The van der Waals surface area contributed by atoms with Gasteiger partial charge in [0.15, 0.2) is 4.90 Å². The Morgan fingerprint density at radius 2 is 2.00 bits per heavy atom. The van der Waals surface area contributed by atoms with Crippen molar-refractivity contribution in [3.8, 4) is 0 Å². The number of Topliss-reactive ketones (excluding diaryl/α,β-unsaturated/α-hetero) is 1. The number of nitro benzene ring substituents is 1. The monoisotopic (exact) mass is 298 g/mol. The second kappa shape index (κ2) is 5.29. The highest BCUT2D eigenvalue weighted by Gasteiger charge is 2.35. The van der Waals surface area contributed by atoms with Crippen LogP contribution < -0.4 is 0 Å². The van der Waals surface area contributed by atoms with Crippen LogP contribution >= 0.6 is 0 Å². The van der Waals surface area contributed by atoms with E-state index in [1.165, 1.54) is 18.2 Å². The summed E-state index contributed by atoms with van der Waals surface area (Å²) in [6, 6.07) is 5.23. The molecule has 0 bridgehead atoms. The Bertz CT molecular complexity index is 656. The minimum Gasteiger partial charge on any atom is -0.299 e. The maximum Gasteiger partial charge on any atom is 0.289 e. The number of ketones is 1. The lowest BCUT2D eigenvalue weighted by molar-refractivity contribution is -0.387. The summed E-state index contributed by atoms with van der Waals surface area (Å²) in [6.45, 7) is 1.79. The predicted molar refractivity (Wildman–Crippen MR) is 70.6 cm³/mol. The standard InChI is InChI=1S/C12H14N2O5S/c1-9-8-13(7-6-11(9)15)20(18,19)12-5-3-2-4-10(12)14(16)17/h2-5,9H,6-8H2,1H3. The lowest BCUT2D eigenvalue weighted by Gasteiger charge is -2.28. The molecule has 1 saturated heterocycles. The van der Waals surface area contributed by atoms with Crippen LogP contribution in [0, 0.1) is 16.0 Å². The highest BCUT2D eigenvalue weighted by Crippen LogP contribution is 2.28. The number of piperidine rings is 1. The third kappa shape index (κ3) is 2.56. The molecule has 1 fully saturated rings. The van der Waals surface area contributed by atoms with E-state index in [9.17, 15) is 23.3 Å². The van der Waals surface area contributed by atoms with Gasteiger partial charge >= 0.3 is 0 Å². The second-order valence-corrected chi connectivity index (χ2v) is 6.61. The molecule has 1 unspecified atom stereocenters. The first-order valence-corrected chi connectivity index (χ1v) is 7.54. The number of rotatable bonds is 3. The first kappa shape index (κ1) is 14.6. The molecule has 0 spiro atoms. The van der Waals surface area contributed by atoms with Crippen LogP contribution in [-0.4, -0.2) is 36.5 Å². The van der Waals surface area contributed by atoms with E-state index in [2.05, 4.69) is 0 Å². The summed E-state index contributed by atoms with van der Waals surface area (Å²) < 4.78 is 26.1. The molecule has 0 aliphatic carbocycles. The van der Waals surface area contributed by atoms with Gasteiger partial charge in [0.25, 0.3) is 5.69 Å². The molecule has 2 rings (SSSR count). The number of carbonyl (C=O) groups is 1. The maximum absolute atomic E-state index is 12.5. The van der Waals surface area contributed by atoms with E-state index in [4.69, 9.17) is 0 Å². The molecule has 1 aliphatic rings.